The lowest BCUT2D eigenvalue weighted by Crippen LogP contribution is -1.85. The van der Waals surface area contributed by atoms with Crippen molar-refractivity contribution in [1.82, 2.24) is 4.98 Å². The molecule has 0 spiro atoms. The Labute approximate surface area is 89.9 Å². The molecular weight excluding hydrogens is 188 g/mol. The SMILES string of the molecule is CC=Nc1cc(C#CCCO)cnc1C. The highest BCUT2D eigenvalue weighted by molar-refractivity contribution is 5.62. The van der Waals surface area contributed by atoms with E-state index in [1.165, 1.54) is 0 Å². The molecule has 3 nitrogen and oxygen atoms in total. The molecule has 0 amide bonds. The Hall–Kier alpha value is -1.66. The molecule has 0 aliphatic heterocycles. The number of aromatic nitrogens is 1. The van der Waals surface area contributed by atoms with E-state index in [1.54, 1.807) is 12.4 Å². The van der Waals surface area contributed by atoms with Gasteiger partial charge in [-0.3, -0.25) is 9.98 Å². The summed E-state index contributed by atoms with van der Waals surface area (Å²) < 4.78 is 0. The molecule has 78 valence electrons. The smallest absolute Gasteiger partial charge is 0.0850 e. The second kappa shape index (κ2) is 5.94. The van der Waals surface area contributed by atoms with E-state index < -0.39 is 0 Å². The third-order valence-electron chi connectivity index (χ3n) is 1.80. The normalized spacial score (nSPS) is 10.1. The number of rotatable bonds is 2. The average Bonchev–Trinajstić information content (AvgIpc) is 2.23. The molecule has 0 atom stereocenters. The molecule has 0 saturated heterocycles. The summed E-state index contributed by atoms with van der Waals surface area (Å²) in [6.07, 6.45) is 3.93. The summed E-state index contributed by atoms with van der Waals surface area (Å²) in [4.78, 5) is 8.39. The van der Waals surface area contributed by atoms with Gasteiger partial charge in [0.1, 0.15) is 0 Å². The first-order valence-corrected chi connectivity index (χ1v) is 4.83. The van der Waals surface area contributed by atoms with Crippen molar-refractivity contribution in [3.63, 3.8) is 0 Å². The molecule has 1 rings (SSSR count). The van der Waals surface area contributed by atoms with E-state index in [-0.39, 0.29) is 6.61 Å². The van der Waals surface area contributed by atoms with Crippen molar-refractivity contribution in [2.75, 3.05) is 6.61 Å². The topological polar surface area (TPSA) is 45.5 Å². The fourth-order valence-electron chi connectivity index (χ4n) is 1.08. The van der Waals surface area contributed by atoms with Gasteiger partial charge in [0.05, 0.1) is 18.0 Å². The van der Waals surface area contributed by atoms with E-state index in [9.17, 15) is 0 Å². The van der Waals surface area contributed by atoms with Crippen molar-refractivity contribution >= 4 is 11.9 Å². The minimum atomic E-state index is 0.0895. The highest BCUT2D eigenvalue weighted by Crippen LogP contribution is 2.16. The maximum absolute atomic E-state index is 8.59. The van der Waals surface area contributed by atoms with Gasteiger partial charge in [0.15, 0.2) is 0 Å². The predicted octanol–water partition coefficient (Wildman–Crippen LogP) is 1.85. The number of aliphatic imine (C=N–C) groups is 1. The second-order valence-electron chi connectivity index (χ2n) is 2.99. The Morgan fingerprint density at radius 1 is 1.60 bits per heavy atom. The Bertz CT molecular complexity index is 413. The molecule has 1 N–H and O–H groups in total. The van der Waals surface area contributed by atoms with Crippen LogP contribution in [-0.4, -0.2) is 22.9 Å². The van der Waals surface area contributed by atoms with Gasteiger partial charge in [-0.2, -0.15) is 0 Å². The van der Waals surface area contributed by atoms with Crippen LogP contribution in [0, 0.1) is 18.8 Å². The van der Waals surface area contributed by atoms with E-state index in [0.29, 0.717) is 6.42 Å². The zero-order chi connectivity index (χ0) is 11.1. The minimum Gasteiger partial charge on any atom is -0.395 e. The third-order valence-corrected chi connectivity index (χ3v) is 1.80. The molecular formula is C12H14N2O. The number of pyridine rings is 1. The van der Waals surface area contributed by atoms with Crippen LogP contribution in [0.5, 0.6) is 0 Å². The Morgan fingerprint density at radius 2 is 2.40 bits per heavy atom. The first-order valence-electron chi connectivity index (χ1n) is 4.83. The lowest BCUT2D eigenvalue weighted by molar-refractivity contribution is 0.305. The maximum Gasteiger partial charge on any atom is 0.0850 e. The molecule has 1 heterocycles. The van der Waals surface area contributed by atoms with Crippen molar-refractivity contribution in [2.24, 2.45) is 4.99 Å². The lowest BCUT2D eigenvalue weighted by Gasteiger charge is -1.98. The predicted molar refractivity (Wildman–Crippen MR) is 61.4 cm³/mol. The standard InChI is InChI=1S/C12H14N2O/c1-3-13-12-8-11(6-4-5-7-15)9-14-10(12)2/h3,8-9,15H,5,7H2,1-2H3. The van der Waals surface area contributed by atoms with Gasteiger partial charge in [0.25, 0.3) is 0 Å². The van der Waals surface area contributed by atoms with Crippen LogP contribution in [0.4, 0.5) is 5.69 Å². The molecule has 0 bridgehead atoms. The highest BCUT2D eigenvalue weighted by atomic mass is 16.2. The average molecular weight is 202 g/mol. The molecule has 1 aromatic heterocycles. The number of aliphatic hydroxyl groups is 1. The molecule has 0 aliphatic rings. The van der Waals surface area contributed by atoms with Gasteiger partial charge in [0.2, 0.25) is 0 Å². The van der Waals surface area contributed by atoms with E-state index >= 15 is 0 Å². The fourth-order valence-corrected chi connectivity index (χ4v) is 1.08. The summed E-state index contributed by atoms with van der Waals surface area (Å²) in [6, 6.07) is 1.90. The molecule has 0 radical (unpaired) electrons. The van der Waals surface area contributed by atoms with Gasteiger partial charge in [-0.15, -0.1) is 0 Å². The molecule has 3 heteroatoms. The van der Waals surface area contributed by atoms with Crippen LogP contribution < -0.4 is 0 Å². The number of hydrogen-bond donors (Lipinski definition) is 1. The molecule has 0 unspecified atom stereocenters. The Balaban J connectivity index is 2.93. The van der Waals surface area contributed by atoms with Crippen molar-refractivity contribution in [2.45, 2.75) is 20.3 Å². The monoisotopic (exact) mass is 202 g/mol. The van der Waals surface area contributed by atoms with Crippen LogP contribution in [0.15, 0.2) is 17.3 Å². The van der Waals surface area contributed by atoms with Crippen molar-refractivity contribution < 1.29 is 5.11 Å². The van der Waals surface area contributed by atoms with Crippen molar-refractivity contribution in [3.05, 3.63) is 23.5 Å². The fraction of sp³-hybridized carbons (Fsp3) is 0.333. The summed E-state index contributed by atoms with van der Waals surface area (Å²) in [5.41, 5.74) is 2.56. The third kappa shape index (κ3) is 3.53. The quantitative estimate of drug-likeness (QED) is 0.587. The van der Waals surface area contributed by atoms with Crippen molar-refractivity contribution in [1.29, 1.82) is 0 Å². The van der Waals surface area contributed by atoms with E-state index in [0.717, 1.165) is 16.9 Å². The largest absolute Gasteiger partial charge is 0.395 e. The molecule has 0 aromatic carbocycles. The molecule has 1 aromatic rings. The van der Waals surface area contributed by atoms with Crippen LogP contribution in [0.25, 0.3) is 0 Å². The van der Waals surface area contributed by atoms with Crippen LogP contribution in [-0.2, 0) is 0 Å². The van der Waals surface area contributed by atoms with E-state index in [1.807, 2.05) is 19.9 Å². The summed E-state index contributed by atoms with van der Waals surface area (Å²) in [5.74, 6) is 5.77. The molecule has 0 aliphatic carbocycles. The molecule has 15 heavy (non-hydrogen) atoms. The first kappa shape index (κ1) is 11.4. The van der Waals surface area contributed by atoms with E-state index in [4.69, 9.17) is 5.11 Å². The number of aliphatic hydroxyl groups excluding tert-OH is 1. The highest BCUT2D eigenvalue weighted by Gasteiger charge is 1.97. The summed E-state index contributed by atoms with van der Waals surface area (Å²) >= 11 is 0. The number of hydrogen-bond acceptors (Lipinski definition) is 3. The Morgan fingerprint density at radius 3 is 3.07 bits per heavy atom. The molecule has 0 saturated carbocycles. The molecule has 0 fully saturated rings. The van der Waals surface area contributed by atoms with E-state index in [2.05, 4.69) is 21.8 Å². The van der Waals surface area contributed by atoms with Gasteiger partial charge in [-0.25, -0.2) is 0 Å². The zero-order valence-corrected chi connectivity index (χ0v) is 8.99. The van der Waals surface area contributed by atoms with Gasteiger partial charge in [-0.1, -0.05) is 11.8 Å². The van der Waals surface area contributed by atoms with Gasteiger partial charge < -0.3 is 5.11 Å². The first-order chi connectivity index (χ1) is 7.27. The lowest BCUT2D eigenvalue weighted by atomic mass is 10.2. The Kier molecular flexibility index (Phi) is 4.52. The summed E-state index contributed by atoms with van der Waals surface area (Å²) in [5, 5.41) is 8.59. The second-order valence-corrected chi connectivity index (χ2v) is 2.99. The van der Waals surface area contributed by atoms with Crippen LogP contribution in [0.2, 0.25) is 0 Å². The van der Waals surface area contributed by atoms with Crippen molar-refractivity contribution in [3.8, 4) is 11.8 Å². The minimum absolute atomic E-state index is 0.0895. The van der Waals surface area contributed by atoms with Crippen LogP contribution in [0.3, 0.4) is 0 Å². The van der Waals surface area contributed by atoms with Crippen LogP contribution >= 0.6 is 0 Å². The van der Waals surface area contributed by atoms with Crippen LogP contribution in [0.1, 0.15) is 24.6 Å². The maximum atomic E-state index is 8.59. The summed E-state index contributed by atoms with van der Waals surface area (Å²) in [7, 11) is 0. The van der Waals surface area contributed by atoms with Gasteiger partial charge in [0, 0.05) is 24.4 Å². The number of nitrogens with zero attached hydrogens (tertiary/aromatic N) is 2. The summed E-state index contributed by atoms with van der Waals surface area (Å²) in [6.45, 7) is 3.86. The van der Waals surface area contributed by atoms with Gasteiger partial charge >= 0.3 is 0 Å². The number of aryl methyl sites for hydroxylation is 1. The van der Waals surface area contributed by atoms with Gasteiger partial charge in [-0.05, 0) is 19.9 Å². The zero-order valence-electron chi connectivity index (χ0n) is 8.99.